The van der Waals surface area contributed by atoms with Crippen LogP contribution in [0.4, 0.5) is 0 Å². The molecule has 0 aromatic carbocycles. The standard InChI is InChI=1S/C15H24N4O2/c1-11-10-19(7-8-21-11)13-3-5-18(6-4-13)15(20)14-9-16-17-12(14)2/h9,11,13H,3-8,10H2,1-2H3,(H,16,17). The molecule has 1 unspecified atom stereocenters. The van der Waals surface area contributed by atoms with Gasteiger partial charge in [0.15, 0.2) is 0 Å². The zero-order valence-electron chi connectivity index (χ0n) is 12.8. The number of piperidine rings is 1. The Morgan fingerprint density at radius 2 is 2.14 bits per heavy atom. The third-order valence-electron chi connectivity index (χ3n) is 4.60. The van der Waals surface area contributed by atoms with E-state index in [1.165, 1.54) is 0 Å². The molecule has 2 aliphatic heterocycles. The molecule has 21 heavy (non-hydrogen) atoms. The van der Waals surface area contributed by atoms with Crippen molar-refractivity contribution in [2.75, 3.05) is 32.8 Å². The van der Waals surface area contributed by atoms with Crippen molar-refractivity contribution in [1.29, 1.82) is 0 Å². The Labute approximate surface area is 125 Å². The van der Waals surface area contributed by atoms with Crippen LogP contribution in [0.25, 0.3) is 0 Å². The number of hydrogen-bond donors (Lipinski definition) is 1. The fraction of sp³-hybridized carbons (Fsp3) is 0.733. The lowest BCUT2D eigenvalue weighted by Crippen LogP contribution is -2.51. The van der Waals surface area contributed by atoms with Crippen molar-refractivity contribution in [2.45, 2.75) is 38.8 Å². The van der Waals surface area contributed by atoms with E-state index in [-0.39, 0.29) is 5.91 Å². The molecular weight excluding hydrogens is 268 g/mol. The van der Waals surface area contributed by atoms with Crippen LogP contribution < -0.4 is 0 Å². The first-order chi connectivity index (χ1) is 10.1. The number of carbonyl (C=O) groups excluding carboxylic acids is 1. The summed E-state index contributed by atoms with van der Waals surface area (Å²) in [5.74, 6) is 0.107. The molecule has 1 aromatic rings. The van der Waals surface area contributed by atoms with Gasteiger partial charge in [0, 0.05) is 37.9 Å². The fourth-order valence-electron chi connectivity index (χ4n) is 3.35. The van der Waals surface area contributed by atoms with Crippen LogP contribution in [-0.2, 0) is 4.74 Å². The molecule has 0 radical (unpaired) electrons. The fourth-order valence-corrected chi connectivity index (χ4v) is 3.35. The topological polar surface area (TPSA) is 61.5 Å². The number of hydrogen-bond acceptors (Lipinski definition) is 4. The molecule has 1 atom stereocenters. The van der Waals surface area contributed by atoms with Gasteiger partial charge in [-0.1, -0.05) is 0 Å². The molecule has 3 heterocycles. The van der Waals surface area contributed by atoms with Crippen LogP contribution in [0.1, 0.15) is 35.8 Å². The number of amides is 1. The number of nitrogens with one attached hydrogen (secondary N) is 1. The lowest BCUT2D eigenvalue weighted by atomic mass is 10.0. The molecule has 0 saturated carbocycles. The van der Waals surface area contributed by atoms with Crippen LogP contribution in [0.3, 0.4) is 0 Å². The quantitative estimate of drug-likeness (QED) is 0.885. The van der Waals surface area contributed by atoms with Gasteiger partial charge in [-0.2, -0.15) is 5.10 Å². The van der Waals surface area contributed by atoms with Gasteiger partial charge < -0.3 is 9.64 Å². The molecule has 1 amide bonds. The summed E-state index contributed by atoms with van der Waals surface area (Å²) in [7, 11) is 0. The Balaban J connectivity index is 1.55. The minimum absolute atomic E-state index is 0.107. The van der Waals surface area contributed by atoms with Gasteiger partial charge in [0.25, 0.3) is 5.91 Å². The number of nitrogens with zero attached hydrogens (tertiary/aromatic N) is 3. The number of carbonyl (C=O) groups is 1. The van der Waals surface area contributed by atoms with Gasteiger partial charge in [-0.25, -0.2) is 0 Å². The summed E-state index contributed by atoms with van der Waals surface area (Å²) in [6, 6.07) is 0.589. The summed E-state index contributed by atoms with van der Waals surface area (Å²) >= 11 is 0. The molecule has 2 saturated heterocycles. The lowest BCUT2D eigenvalue weighted by molar-refractivity contribution is -0.0423. The summed E-state index contributed by atoms with van der Waals surface area (Å²) in [6.45, 7) is 8.55. The van der Waals surface area contributed by atoms with Crippen LogP contribution in [0.5, 0.6) is 0 Å². The predicted molar refractivity (Wildman–Crippen MR) is 79.2 cm³/mol. The molecule has 6 heteroatoms. The van der Waals surface area contributed by atoms with E-state index in [1.807, 2.05) is 11.8 Å². The highest BCUT2D eigenvalue weighted by atomic mass is 16.5. The molecule has 2 fully saturated rings. The highest BCUT2D eigenvalue weighted by molar-refractivity contribution is 5.95. The predicted octanol–water partition coefficient (Wildman–Crippen LogP) is 1.04. The van der Waals surface area contributed by atoms with Crippen LogP contribution in [0, 0.1) is 6.92 Å². The first kappa shape index (κ1) is 14.5. The number of H-pyrrole nitrogens is 1. The number of aromatic amines is 1. The van der Waals surface area contributed by atoms with Gasteiger partial charge >= 0.3 is 0 Å². The van der Waals surface area contributed by atoms with Crippen LogP contribution in [0.15, 0.2) is 6.20 Å². The average Bonchev–Trinajstić information content (AvgIpc) is 2.93. The molecule has 116 valence electrons. The van der Waals surface area contributed by atoms with Crippen molar-refractivity contribution in [3.63, 3.8) is 0 Å². The number of morpholine rings is 1. The van der Waals surface area contributed by atoms with Gasteiger partial charge in [0.2, 0.25) is 0 Å². The zero-order valence-corrected chi connectivity index (χ0v) is 12.8. The van der Waals surface area contributed by atoms with E-state index < -0.39 is 0 Å². The van der Waals surface area contributed by atoms with Crippen molar-refractivity contribution >= 4 is 5.91 Å². The van der Waals surface area contributed by atoms with Gasteiger partial charge in [-0.05, 0) is 26.7 Å². The minimum atomic E-state index is 0.107. The first-order valence-corrected chi connectivity index (χ1v) is 7.80. The SMILES string of the molecule is Cc1[nH]ncc1C(=O)N1CCC(N2CCOC(C)C2)CC1. The molecule has 1 N–H and O–H groups in total. The van der Waals surface area contributed by atoms with Crippen molar-refractivity contribution < 1.29 is 9.53 Å². The number of aryl methyl sites for hydroxylation is 1. The van der Waals surface area contributed by atoms with Crippen LogP contribution >= 0.6 is 0 Å². The Bertz CT molecular complexity index is 494. The number of rotatable bonds is 2. The second kappa shape index (κ2) is 6.15. The molecule has 2 aliphatic rings. The van der Waals surface area contributed by atoms with E-state index in [0.29, 0.717) is 17.7 Å². The van der Waals surface area contributed by atoms with E-state index in [9.17, 15) is 4.79 Å². The largest absolute Gasteiger partial charge is 0.376 e. The maximum Gasteiger partial charge on any atom is 0.257 e. The second-order valence-electron chi connectivity index (χ2n) is 6.11. The molecule has 0 bridgehead atoms. The van der Waals surface area contributed by atoms with E-state index in [1.54, 1.807) is 6.20 Å². The Kier molecular flexibility index (Phi) is 4.26. The highest BCUT2D eigenvalue weighted by Gasteiger charge is 2.30. The third kappa shape index (κ3) is 3.11. The van der Waals surface area contributed by atoms with Gasteiger partial charge in [0.05, 0.1) is 24.5 Å². The molecule has 3 rings (SSSR count). The van der Waals surface area contributed by atoms with Crippen molar-refractivity contribution in [1.82, 2.24) is 20.0 Å². The first-order valence-electron chi connectivity index (χ1n) is 7.80. The molecule has 1 aromatic heterocycles. The molecule has 0 aliphatic carbocycles. The molecule has 6 nitrogen and oxygen atoms in total. The van der Waals surface area contributed by atoms with Crippen LogP contribution in [-0.4, -0.2) is 70.8 Å². The van der Waals surface area contributed by atoms with Gasteiger partial charge in [-0.3, -0.25) is 14.8 Å². The van der Waals surface area contributed by atoms with Crippen LogP contribution in [0.2, 0.25) is 0 Å². The summed E-state index contributed by atoms with van der Waals surface area (Å²) < 4.78 is 5.60. The van der Waals surface area contributed by atoms with Crippen molar-refractivity contribution in [3.8, 4) is 0 Å². The van der Waals surface area contributed by atoms with Gasteiger partial charge in [0.1, 0.15) is 0 Å². The summed E-state index contributed by atoms with van der Waals surface area (Å²) in [5.41, 5.74) is 1.55. The number of aromatic nitrogens is 2. The van der Waals surface area contributed by atoms with E-state index >= 15 is 0 Å². The van der Waals surface area contributed by atoms with E-state index in [0.717, 1.165) is 51.3 Å². The normalized spacial score (nSPS) is 25.2. The number of likely N-dealkylation sites (tertiary alicyclic amines) is 1. The summed E-state index contributed by atoms with van der Waals surface area (Å²) in [4.78, 5) is 16.9. The average molecular weight is 292 g/mol. The Morgan fingerprint density at radius 3 is 2.76 bits per heavy atom. The maximum atomic E-state index is 12.4. The van der Waals surface area contributed by atoms with E-state index in [2.05, 4.69) is 22.0 Å². The second-order valence-corrected chi connectivity index (χ2v) is 6.11. The smallest absolute Gasteiger partial charge is 0.257 e. The summed E-state index contributed by atoms with van der Waals surface area (Å²) in [5, 5.41) is 6.77. The summed E-state index contributed by atoms with van der Waals surface area (Å²) in [6.07, 6.45) is 4.06. The Hall–Kier alpha value is -1.40. The van der Waals surface area contributed by atoms with Crippen molar-refractivity contribution in [2.24, 2.45) is 0 Å². The zero-order chi connectivity index (χ0) is 14.8. The number of ether oxygens (including phenoxy) is 1. The van der Waals surface area contributed by atoms with Gasteiger partial charge in [-0.15, -0.1) is 0 Å². The molecule has 0 spiro atoms. The van der Waals surface area contributed by atoms with Crippen molar-refractivity contribution in [3.05, 3.63) is 17.5 Å². The van der Waals surface area contributed by atoms with E-state index in [4.69, 9.17) is 4.74 Å². The highest BCUT2D eigenvalue weighted by Crippen LogP contribution is 2.21. The maximum absolute atomic E-state index is 12.4. The Morgan fingerprint density at radius 1 is 1.38 bits per heavy atom. The minimum Gasteiger partial charge on any atom is -0.376 e. The monoisotopic (exact) mass is 292 g/mol. The lowest BCUT2D eigenvalue weighted by Gasteiger charge is -2.41. The molecular formula is C15H24N4O2. The third-order valence-corrected chi connectivity index (χ3v) is 4.60.